The number of nitrogens with one attached hydrogen (secondary N) is 1. The number of nitrogens with two attached hydrogens (primary N) is 1. The number of allylic oxidation sites excluding steroid dienone is 1. The Bertz CT molecular complexity index is 429. The molecule has 4 heteroatoms. The maximum absolute atomic E-state index is 11.8. The minimum absolute atomic E-state index is 0.186. The van der Waals surface area contributed by atoms with E-state index in [-0.39, 0.29) is 12.3 Å². The van der Waals surface area contributed by atoms with E-state index in [2.05, 4.69) is 11.9 Å². The molecule has 0 aliphatic heterocycles. The minimum atomic E-state index is -0.601. The van der Waals surface area contributed by atoms with E-state index >= 15 is 0 Å². The lowest BCUT2D eigenvalue weighted by Gasteiger charge is -2.15. The zero-order valence-electron chi connectivity index (χ0n) is 11.0. The maximum Gasteiger partial charge on any atom is 0.239 e. The molecule has 102 valence electrons. The van der Waals surface area contributed by atoms with E-state index in [0.717, 1.165) is 18.4 Å². The molecule has 2 amide bonds. The monoisotopic (exact) mass is 260 g/mol. The van der Waals surface area contributed by atoms with Crippen LogP contribution in [0.25, 0.3) is 0 Å². The molecule has 0 aromatic heterocycles. The van der Waals surface area contributed by atoms with Gasteiger partial charge >= 0.3 is 0 Å². The summed E-state index contributed by atoms with van der Waals surface area (Å²) < 4.78 is 0. The molecule has 0 fully saturated rings. The van der Waals surface area contributed by atoms with E-state index in [4.69, 9.17) is 5.73 Å². The molecule has 1 aromatic rings. The molecule has 0 aliphatic carbocycles. The Kier molecular flexibility index (Phi) is 6.36. The first-order valence-corrected chi connectivity index (χ1v) is 6.37. The maximum atomic E-state index is 11.8. The molecule has 1 atom stereocenters. The van der Waals surface area contributed by atoms with Gasteiger partial charge in [-0.2, -0.15) is 0 Å². The van der Waals surface area contributed by atoms with Crippen molar-refractivity contribution >= 4 is 11.8 Å². The van der Waals surface area contributed by atoms with Crippen LogP contribution in [0.3, 0.4) is 0 Å². The van der Waals surface area contributed by atoms with Gasteiger partial charge in [0.25, 0.3) is 0 Å². The van der Waals surface area contributed by atoms with Crippen LogP contribution >= 0.6 is 0 Å². The summed E-state index contributed by atoms with van der Waals surface area (Å²) in [5.41, 5.74) is 6.19. The van der Waals surface area contributed by atoms with E-state index in [0.29, 0.717) is 6.42 Å². The van der Waals surface area contributed by atoms with Gasteiger partial charge in [-0.3, -0.25) is 9.59 Å². The second-order valence-corrected chi connectivity index (χ2v) is 4.40. The second-order valence-electron chi connectivity index (χ2n) is 4.40. The molecule has 0 spiro atoms. The van der Waals surface area contributed by atoms with Gasteiger partial charge in [-0.05, 0) is 24.8 Å². The molecule has 0 saturated heterocycles. The van der Waals surface area contributed by atoms with Gasteiger partial charge in [-0.1, -0.05) is 36.4 Å². The van der Waals surface area contributed by atoms with Crippen molar-refractivity contribution < 1.29 is 9.59 Å². The van der Waals surface area contributed by atoms with E-state index in [1.165, 1.54) is 0 Å². The Morgan fingerprint density at radius 3 is 2.58 bits per heavy atom. The highest BCUT2D eigenvalue weighted by Crippen LogP contribution is 2.03. The van der Waals surface area contributed by atoms with Gasteiger partial charge < -0.3 is 11.1 Å². The number of unbranched alkanes of at least 4 members (excludes halogenated alkanes) is 1. The van der Waals surface area contributed by atoms with Gasteiger partial charge in [0, 0.05) is 0 Å². The number of hydrogen-bond acceptors (Lipinski definition) is 2. The fourth-order valence-corrected chi connectivity index (χ4v) is 1.78. The molecule has 0 heterocycles. The third-order valence-electron chi connectivity index (χ3n) is 2.79. The van der Waals surface area contributed by atoms with E-state index < -0.39 is 11.9 Å². The van der Waals surface area contributed by atoms with Gasteiger partial charge in [0.15, 0.2) is 0 Å². The summed E-state index contributed by atoms with van der Waals surface area (Å²) in [6, 6.07) is 8.78. The van der Waals surface area contributed by atoms with Crippen molar-refractivity contribution in [1.29, 1.82) is 0 Å². The molecule has 0 aliphatic rings. The molecule has 4 nitrogen and oxygen atoms in total. The van der Waals surface area contributed by atoms with Crippen molar-refractivity contribution in [3.8, 4) is 0 Å². The third-order valence-corrected chi connectivity index (χ3v) is 2.79. The number of carbonyl (C=O) groups is 2. The quantitative estimate of drug-likeness (QED) is 0.550. The summed E-state index contributed by atoms with van der Waals surface area (Å²) in [4.78, 5) is 23.1. The average molecular weight is 260 g/mol. The zero-order chi connectivity index (χ0) is 14.1. The van der Waals surface area contributed by atoms with E-state index in [1.54, 1.807) is 6.08 Å². The third kappa shape index (κ3) is 5.86. The van der Waals surface area contributed by atoms with Gasteiger partial charge in [-0.15, -0.1) is 6.58 Å². The normalized spacial score (nSPS) is 11.6. The van der Waals surface area contributed by atoms with Crippen LogP contribution in [0.15, 0.2) is 43.0 Å². The Morgan fingerprint density at radius 1 is 1.32 bits per heavy atom. The standard InChI is InChI=1S/C15H20N2O2/c1-2-3-5-10-13(15(16)19)17-14(18)11-12-8-6-4-7-9-12/h2,4,6-9,13H,1,3,5,10-11H2,(H2,16,19)(H,17,18)/t13-/m0/s1. The number of primary amides is 1. The molecule has 0 unspecified atom stereocenters. The Morgan fingerprint density at radius 2 is 2.00 bits per heavy atom. The lowest BCUT2D eigenvalue weighted by atomic mass is 10.1. The molecule has 19 heavy (non-hydrogen) atoms. The highest BCUT2D eigenvalue weighted by molar-refractivity contribution is 5.87. The van der Waals surface area contributed by atoms with Crippen LogP contribution in [0.5, 0.6) is 0 Å². The average Bonchev–Trinajstić information content (AvgIpc) is 2.38. The largest absolute Gasteiger partial charge is 0.368 e. The van der Waals surface area contributed by atoms with Crippen LogP contribution in [0, 0.1) is 0 Å². The second kappa shape index (κ2) is 8.08. The van der Waals surface area contributed by atoms with Crippen LogP contribution in [-0.4, -0.2) is 17.9 Å². The summed E-state index contributed by atoms with van der Waals surface area (Å²) in [5, 5.41) is 2.68. The Balaban J connectivity index is 2.47. The summed E-state index contributed by atoms with van der Waals surface area (Å²) in [5.74, 6) is -0.681. The highest BCUT2D eigenvalue weighted by atomic mass is 16.2. The van der Waals surface area contributed by atoms with Crippen LogP contribution < -0.4 is 11.1 Å². The van der Waals surface area contributed by atoms with E-state index in [9.17, 15) is 9.59 Å². The van der Waals surface area contributed by atoms with Crippen molar-refractivity contribution in [2.75, 3.05) is 0 Å². The molecular weight excluding hydrogens is 240 g/mol. The lowest BCUT2D eigenvalue weighted by Crippen LogP contribution is -2.44. The summed E-state index contributed by atoms with van der Waals surface area (Å²) in [6.45, 7) is 3.62. The summed E-state index contributed by atoms with van der Waals surface area (Å²) >= 11 is 0. The predicted octanol–water partition coefficient (Wildman–Crippen LogP) is 1.56. The highest BCUT2D eigenvalue weighted by Gasteiger charge is 2.17. The first-order valence-electron chi connectivity index (χ1n) is 6.37. The smallest absolute Gasteiger partial charge is 0.239 e. The van der Waals surface area contributed by atoms with Crippen LogP contribution in [0.1, 0.15) is 24.8 Å². The molecule has 1 rings (SSSR count). The molecule has 0 bridgehead atoms. The minimum Gasteiger partial charge on any atom is -0.368 e. The fourth-order valence-electron chi connectivity index (χ4n) is 1.78. The fraction of sp³-hybridized carbons (Fsp3) is 0.333. The van der Waals surface area contributed by atoms with Crippen molar-refractivity contribution in [2.24, 2.45) is 5.73 Å². The number of rotatable bonds is 8. The van der Waals surface area contributed by atoms with Gasteiger partial charge in [0.2, 0.25) is 11.8 Å². The predicted molar refractivity (Wildman–Crippen MR) is 75.3 cm³/mol. The number of benzene rings is 1. The number of carbonyl (C=O) groups excluding carboxylic acids is 2. The zero-order valence-corrected chi connectivity index (χ0v) is 11.0. The van der Waals surface area contributed by atoms with Crippen molar-refractivity contribution in [2.45, 2.75) is 31.7 Å². The van der Waals surface area contributed by atoms with Crippen molar-refractivity contribution in [1.82, 2.24) is 5.32 Å². The molecule has 0 saturated carbocycles. The summed E-state index contributed by atoms with van der Waals surface area (Å²) in [7, 11) is 0. The van der Waals surface area contributed by atoms with Crippen molar-refractivity contribution in [3.63, 3.8) is 0 Å². The molecule has 3 N–H and O–H groups in total. The first kappa shape index (κ1) is 15.0. The van der Waals surface area contributed by atoms with Gasteiger partial charge in [0.1, 0.15) is 6.04 Å². The van der Waals surface area contributed by atoms with E-state index in [1.807, 2.05) is 30.3 Å². The van der Waals surface area contributed by atoms with Crippen molar-refractivity contribution in [3.05, 3.63) is 48.6 Å². The molecule has 1 aromatic carbocycles. The molecule has 0 radical (unpaired) electrons. The van der Waals surface area contributed by atoms with Gasteiger partial charge in [0.05, 0.1) is 6.42 Å². The number of amides is 2. The topological polar surface area (TPSA) is 72.2 Å². The lowest BCUT2D eigenvalue weighted by molar-refractivity contribution is -0.127. The Labute approximate surface area is 113 Å². The van der Waals surface area contributed by atoms with Crippen LogP contribution in [0.4, 0.5) is 0 Å². The first-order chi connectivity index (χ1) is 9.13. The molecular formula is C15H20N2O2. The van der Waals surface area contributed by atoms with Crippen LogP contribution in [-0.2, 0) is 16.0 Å². The number of hydrogen-bond donors (Lipinski definition) is 2. The van der Waals surface area contributed by atoms with Gasteiger partial charge in [-0.25, -0.2) is 0 Å². The SMILES string of the molecule is C=CCCC[C@H](NC(=O)Cc1ccccc1)C(N)=O. The Hall–Kier alpha value is -2.10. The summed E-state index contributed by atoms with van der Waals surface area (Å²) in [6.07, 6.45) is 4.17. The van der Waals surface area contributed by atoms with Crippen LogP contribution in [0.2, 0.25) is 0 Å².